The van der Waals surface area contributed by atoms with Crippen LogP contribution in [-0.4, -0.2) is 28.1 Å². The maximum absolute atomic E-state index is 10.4. The number of pyridine rings is 1. The van der Waals surface area contributed by atoms with Gasteiger partial charge < -0.3 is 10.0 Å². The number of aliphatic carboxylic acids is 1. The molecule has 4 nitrogen and oxygen atoms in total. The minimum atomic E-state index is -0.945. The van der Waals surface area contributed by atoms with Crippen LogP contribution in [0.1, 0.15) is 32.3 Å². The summed E-state index contributed by atoms with van der Waals surface area (Å²) < 4.78 is 0. The molecule has 1 fully saturated rings. The standard InChI is InChI=1S/C14H18N2O2/c1-14(2)8-3-9-16(14)12-6-4-11(10-15-12)5-7-13(17)18/h4-7,10H,3,8-9H2,1-2H3,(H,17,18)/b7-5+. The molecule has 1 N–H and O–H groups in total. The molecule has 4 heteroatoms. The van der Waals surface area contributed by atoms with Gasteiger partial charge in [-0.3, -0.25) is 0 Å². The van der Waals surface area contributed by atoms with Crippen molar-refractivity contribution in [2.24, 2.45) is 0 Å². The molecule has 1 saturated heterocycles. The fourth-order valence-electron chi connectivity index (χ4n) is 2.36. The molecular weight excluding hydrogens is 228 g/mol. The van der Waals surface area contributed by atoms with Crippen LogP contribution >= 0.6 is 0 Å². The number of anilines is 1. The molecule has 0 amide bonds. The van der Waals surface area contributed by atoms with Crippen LogP contribution in [0.2, 0.25) is 0 Å². The Kier molecular flexibility index (Phi) is 3.36. The van der Waals surface area contributed by atoms with E-state index < -0.39 is 5.97 Å². The second-order valence-corrected chi connectivity index (χ2v) is 5.19. The molecule has 2 heterocycles. The third-order valence-electron chi connectivity index (χ3n) is 3.37. The predicted molar refractivity (Wildman–Crippen MR) is 71.6 cm³/mol. The van der Waals surface area contributed by atoms with Crippen molar-refractivity contribution in [1.82, 2.24) is 4.98 Å². The van der Waals surface area contributed by atoms with Crippen LogP contribution in [0.4, 0.5) is 5.82 Å². The van der Waals surface area contributed by atoms with Crippen LogP contribution in [0.25, 0.3) is 6.08 Å². The monoisotopic (exact) mass is 246 g/mol. The summed E-state index contributed by atoms with van der Waals surface area (Å²) in [6.07, 6.45) is 6.75. The molecule has 1 aromatic rings. The van der Waals surface area contributed by atoms with Crippen LogP contribution in [0.5, 0.6) is 0 Å². The molecule has 96 valence electrons. The molecular formula is C14H18N2O2. The third-order valence-corrected chi connectivity index (χ3v) is 3.37. The van der Waals surface area contributed by atoms with Gasteiger partial charge in [0.2, 0.25) is 0 Å². The zero-order valence-electron chi connectivity index (χ0n) is 10.8. The van der Waals surface area contributed by atoms with E-state index in [9.17, 15) is 4.79 Å². The minimum Gasteiger partial charge on any atom is -0.478 e. The van der Waals surface area contributed by atoms with Gasteiger partial charge in [-0.25, -0.2) is 9.78 Å². The van der Waals surface area contributed by atoms with Crippen molar-refractivity contribution in [3.63, 3.8) is 0 Å². The molecule has 0 bridgehead atoms. The average molecular weight is 246 g/mol. The van der Waals surface area contributed by atoms with Gasteiger partial charge in [-0.1, -0.05) is 0 Å². The van der Waals surface area contributed by atoms with E-state index in [1.807, 2.05) is 12.1 Å². The van der Waals surface area contributed by atoms with E-state index in [4.69, 9.17) is 5.11 Å². The van der Waals surface area contributed by atoms with E-state index >= 15 is 0 Å². The first kappa shape index (κ1) is 12.6. The number of aromatic nitrogens is 1. The fourth-order valence-corrected chi connectivity index (χ4v) is 2.36. The number of carboxylic acids is 1. The van der Waals surface area contributed by atoms with E-state index in [0.29, 0.717) is 0 Å². The van der Waals surface area contributed by atoms with Crippen molar-refractivity contribution in [1.29, 1.82) is 0 Å². The van der Waals surface area contributed by atoms with E-state index in [1.165, 1.54) is 12.8 Å². The van der Waals surface area contributed by atoms with Crippen LogP contribution in [0.15, 0.2) is 24.4 Å². The molecule has 1 aliphatic rings. The Morgan fingerprint density at radius 2 is 2.28 bits per heavy atom. The second kappa shape index (κ2) is 4.80. The molecule has 0 spiro atoms. The van der Waals surface area contributed by atoms with E-state index in [-0.39, 0.29) is 5.54 Å². The molecule has 2 rings (SSSR count). The highest BCUT2D eigenvalue weighted by Crippen LogP contribution is 2.32. The zero-order valence-corrected chi connectivity index (χ0v) is 10.8. The molecule has 0 unspecified atom stereocenters. The highest BCUT2D eigenvalue weighted by atomic mass is 16.4. The number of hydrogen-bond donors (Lipinski definition) is 1. The number of carbonyl (C=O) groups is 1. The molecule has 0 atom stereocenters. The van der Waals surface area contributed by atoms with Gasteiger partial charge in [-0.05, 0) is 50.5 Å². The maximum Gasteiger partial charge on any atom is 0.328 e. The van der Waals surface area contributed by atoms with Crippen molar-refractivity contribution in [3.05, 3.63) is 30.0 Å². The Morgan fingerprint density at radius 1 is 1.50 bits per heavy atom. The van der Waals surface area contributed by atoms with Crippen molar-refractivity contribution in [2.75, 3.05) is 11.4 Å². The Labute approximate surface area is 107 Å². The highest BCUT2D eigenvalue weighted by molar-refractivity contribution is 5.85. The van der Waals surface area contributed by atoms with Crippen molar-refractivity contribution >= 4 is 17.9 Å². The van der Waals surface area contributed by atoms with Gasteiger partial charge in [-0.2, -0.15) is 0 Å². The number of nitrogens with zero attached hydrogens (tertiary/aromatic N) is 2. The molecule has 1 aliphatic heterocycles. The first-order chi connectivity index (χ1) is 8.49. The van der Waals surface area contributed by atoms with Gasteiger partial charge in [0.15, 0.2) is 0 Å². The topological polar surface area (TPSA) is 53.4 Å². The molecule has 0 aromatic carbocycles. The highest BCUT2D eigenvalue weighted by Gasteiger charge is 2.32. The Bertz CT molecular complexity index is 463. The lowest BCUT2D eigenvalue weighted by Gasteiger charge is -2.32. The van der Waals surface area contributed by atoms with Crippen LogP contribution in [0, 0.1) is 0 Å². The van der Waals surface area contributed by atoms with Gasteiger partial charge in [0.25, 0.3) is 0 Å². The van der Waals surface area contributed by atoms with Crippen LogP contribution < -0.4 is 4.90 Å². The molecule has 18 heavy (non-hydrogen) atoms. The lowest BCUT2D eigenvalue weighted by molar-refractivity contribution is -0.131. The Balaban J connectivity index is 2.15. The van der Waals surface area contributed by atoms with Gasteiger partial charge >= 0.3 is 5.97 Å². The van der Waals surface area contributed by atoms with Crippen LogP contribution in [0.3, 0.4) is 0 Å². The lowest BCUT2D eigenvalue weighted by atomic mass is 10.0. The Hall–Kier alpha value is -1.84. The largest absolute Gasteiger partial charge is 0.478 e. The number of carboxylic acid groups (broad SMARTS) is 1. The average Bonchev–Trinajstić information content (AvgIpc) is 2.67. The summed E-state index contributed by atoms with van der Waals surface area (Å²) in [4.78, 5) is 17.1. The Morgan fingerprint density at radius 3 is 2.78 bits per heavy atom. The summed E-state index contributed by atoms with van der Waals surface area (Å²) >= 11 is 0. The summed E-state index contributed by atoms with van der Waals surface area (Å²) in [6.45, 7) is 5.48. The van der Waals surface area contributed by atoms with Gasteiger partial charge in [0, 0.05) is 24.4 Å². The van der Waals surface area contributed by atoms with Crippen molar-refractivity contribution < 1.29 is 9.90 Å². The SMILES string of the molecule is CC1(C)CCCN1c1ccc(/C=C/C(=O)O)cn1. The van der Waals surface area contributed by atoms with E-state index in [1.54, 1.807) is 12.3 Å². The summed E-state index contributed by atoms with van der Waals surface area (Å²) in [5.41, 5.74) is 0.962. The van der Waals surface area contributed by atoms with Gasteiger partial charge in [-0.15, -0.1) is 0 Å². The smallest absolute Gasteiger partial charge is 0.328 e. The number of hydrogen-bond acceptors (Lipinski definition) is 3. The molecule has 0 radical (unpaired) electrons. The molecule has 0 aliphatic carbocycles. The fraction of sp³-hybridized carbons (Fsp3) is 0.429. The van der Waals surface area contributed by atoms with Gasteiger partial charge in [0.1, 0.15) is 5.82 Å². The summed E-state index contributed by atoms with van der Waals surface area (Å²) in [6, 6.07) is 3.85. The molecule has 0 saturated carbocycles. The predicted octanol–water partition coefficient (Wildman–Crippen LogP) is 2.56. The van der Waals surface area contributed by atoms with Crippen molar-refractivity contribution in [2.45, 2.75) is 32.2 Å². The number of rotatable bonds is 3. The minimum absolute atomic E-state index is 0.158. The first-order valence-electron chi connectivity index (χ1n) is 6.14. The summed E-state index contributed by atoms with van der Waals surface area (Å²) in [5, 5.41) is 8.56. The van der Waals surface area contributed by atoms with E-state index in [2.05, 4.69) is 23.7 Å². The summed E-state index contributed by atoms with van der Waals surface area (Å²) in [7, 11) is 0. The zero-order chi connectivity index (χ0) is 13.2. The molecule has 1 aromatic heterocycles. The third kappa shape index (κ3) is 2.70. The second-order valence-electron chi connectivity index (χ2n) is 5.19. The summed E-state index contributed by atoms with van der Waals surface area (Å²) in [5.74, 6) is 0.0183. The van der Waals surface area contributed by atoms with Crippen LogP contribution in [-0.2, 0) is 4.79 Å². The first-order valence-corrected chi connectivity index (χ1v) is 6.14. The van der Waals surface area contributed by atoms with E-state index in [0.717, 1.165) is 24.0 Å². The lowest BCUT2D eigenvalue weighted by Crippen LogP contribution is -2.38. The van der Waals surface area contributed by atoms with Crippen molar-refractivity contribution in [3.8, 4) is 0 Å². The normalized spacial score (nSPS) is 18.4. The van der Waals surface area contributed by atoms with Gasteiger partial charge in [0.05, 0.1) is 0 Å². The maximum atomic E-state index is 10.4. The quantitative estimate of drug-likeness (QED) is 0.833.